The predicted octanol–water partition coefficient (Wildman–Crippen LogP) is 3.16. The standard InChI is InChI=1S/C15H25N3O/c1-10(2)9-19-14-12(16)5-6-13(18-14)17-8-11-7-15(11,3)4/h5-6,10-11H,7-9,16H2,1-4H3,(H,17,18). The Balaban J connectivity index is 1.92. The average molecular weight is 263 g/mol. The van der Waals surface area contributed by atoms with Gasteiger partial charge in [0.15, 0.2) is 0 Å². The quantitative estimate of drug-likeness (QED) is 0.827. The van der Waals surface area contributed by atoms with Crippen molar-refractivity contribution in [3.63, 3.8) is 0 Å². The minimum Gasteiger partial charge on any atom is -0.476 e. The Morgan fingerprint density at radius 1 is 1.47 bits per heavy atom. The van der Waals surface area contributed by atoms with Crippen LogP contribution in [0.5, 0.6) is 5.88 Å². The minimum absolute atomic E-state index is 0.463. The zero-order valence-electron chi connectivity index (χ0n) is 12.4. The summed E-state index contributed by atoms with van der Waals surface area (Å²) in [7, 11) is 0. The van der Waals surface area contributed by atoms with Gasteiger partial charge in [0.25, 0.3) is 0 Å². The first kappa shape index (κ1) is 14.0. The molecule has 19 heavy (non-hydrogen) atoms. The fourth-order valence-electron chi connectivity index (χ4n) is 2.06. The van der Waals surface area contributed by atoms with Crippen LogP contribution >= 0.6 is 0 Å². The second-order valence-electron chi connectivity index (χ2n) is 6.57. The van der Waals surface area contributed by atoms with Crippen LogP contribution in [0.2, 0.25) is 0 Å². The summed E-state index contributed by atoms with van der Waals surface area (Å²) in [5, 5.41) is 3.37. The second-order valence-corrected chi connectivity index (χ2v) is 6.57. The van der Waals surface area contributed by atoms with Gasteiger partial charge in [-0.25, -0.2) is 0 Å². The maximum Gasteiger partial charge on any atom is 0.239 e. The fraction of sp³-hybridized carbons (Fsp3) is 0.667. The number of nitrogens with two attached hydrogens (primary N) is 1. The second kappa shape index (κ2) is 5.27. The van der Waals surface area contributed by atoms with Crippen molar-refractivity contribution in [2.24, 2.45) is 17.3 Å². The van der Waals surface area contributed by atoms with Crippen LogP contribution in [0, 0.1) is 17.3 Å². The van der Waals surface area contributed by atoms with Gasteiger partial charge in [0.05, 0.1) is 12.3 Å². The summed E-state index contributed by atoms with van der Waals surface area (Å²) in [5.41, 5.74) is 6.95. The average Bonchev–Trinajstić information content (AvgIpc) is 2.94. The van der Waals surface area contributed by atoms with E-state index in [4.69, 9.17) is 10.5 Å². The fourth-order valence-corrected chi connectivity index (χ4v) is 2.06. The summed E-state index contributed by atoms with van der Waals surface area (Å²) in [6.45, 7) is 10.4. The van der Waals surface area contributed by atoms with Crippen molar-refractivity contribution in [3.05, 3.63) is 12.1 Å². The van der Waals surface area contributed by atoms with Crippen LogP contribution in [0.1, 0.15) is 34.1 Å². The number of pyridine rings is 1. The van der Waals surface area contributed by atoms with E-state index in [2.05, 4.69) is 38.0 Å². The van der Waals surface area contributed by atoms with Crippen LogP contribution in [0.3, 0.4) is 0 Å². The molecular weight excluding hydrogens is 238 g/mol. The smallest absolute Gasteiger partial charge is 0.239 e. The highest BCUT2D eigenvalue weighted by Gasteiger charge is 2.44. The van der Waals surface area contributed by atoms with Crippen molar-refractivity contribution < 1.29 is 4.74 Å². The molecule has 1 aromatic heterocycles. The van der Waals surface area contributed by atoms with E-state index >= 15 is 0 Å². The molecular formula is C15H25N3O. The van der Waals surface area contributed by atoms with Crippen molar-refractivity contribution in [3.8, 4) is 5.88 Å². The van der Waals surface area contributed by atoms with E-state index in [1.54, 1.807) is 0 Å². The molecule has 1 atom stereocenters. The van der Waals surface area contributed by atoms with Crippen molar-refractivity contribution in [2.75, 3.05) is 24.2 Å². The molecule has 0 saturated heterocycles. The third-order valence-electron chi connectivity index (χ3n) is 3.69. The van der Waals surface area contributed by atoms with E-state index in [-0.39, 0.29) is 0 Å². The van der Waals surface area contributed by atoms with Crippen LogP contribution in [-0.2, 0) is 0 Å². The molecule has 0 bridgehead atoms. The molecule has 1 saturated carbocycles. The lowest BCUT2D eigenvalue weighted by atomic mass is 10.1. The highest BCUT2D eigenvalue weighted by molar-refractivity contribution is 5.53. The Morgan fingerprint density at radius 2 is 2.16 bits per heavy atom. The number of hydrogen-bond acceptors (Lipinski definition) is 4. The lowest BCUT2D eigenvalue weighted by Gasteiger charge is -2.12. The Bertz CT molecular complexity index is 443. The van der Waals surface area contributed by atoms with Crippen molar-refractivity contribution >= 4 is 11.5 Å². The van der Waals surface area contributed by atoms with Crippen LogP contribution < -0.4 is 15.8 Å². The zero-order chi connectivity index (χ0) is 14.0. The SMILES string of the molecule is CC(C)COc1nc(NCC2CC2(C)C)ccc1N. The van der Waals surface area contributed by atoms with Crippen molar-refractivity contribution in [2.45, 2.75) is 34.1 Å². The van der Waals surface area contributed by atoms with E-state index in [1.807, 2.05) is 12.1 Å². The van der Waals surface area contributed by atoms with Gasteiger partial charge >= 0.3 is 0 Å². The summed E-state index contributed by atoms with van der Waals surface area (Å²) in [4.78, 5) is 4.43. The van der Waals surface area contributed by atoms with Crippen molar-refractivity contribution in [1.82, 2.24) is 4.98 Å². The van der Waals surface area contributed by atoms with Crippen LogP contribution in [0.4, 0.5) is 11.5 Å². The van der Waals surface area contributed by atoms with Gasteiger partial charge in [-0.05, 0) is 35.8 Å². The number of anilines is 2. The molecule has 2 rings (SSSR count). The van der Waals surface area contributed by atoms with Crippen LogP contribution in [0.15, 0.2) is 12.1 Å². The Hall–Kier alpha value is -1.45. The molecule has 0 aliphatic heterocycles. The topological polar surface area (TPSA) is 60.2 Å². The molecule has 0 aromatic carbocycles. The molecule has 1 aliphatic carbocycles. The summed E-state index contributed by atoms with van der Waals surface area (Å²) < 4.78 is 5.63. The molecule has 1 aromatic rings. The van der Waals surface area contributed by atoms with Crippen LogP contribution in [-0.4, -0.2) is 18.1 Å². The first-order valence-corrected chi connectivity index (χ1v) is 7.01. The minimum atomic E-state index is 0.463. The molecule has 0 amide bonds. The van der Waals surface area contributed by atoms with E-state index in [0.717, 1.165) is 18.3 Å². The summed E-state index contributed by atoms with van der Waals surface area (Å²) in [6.07, 6.45) is 1.28. The maximum atomic E-state index is 5.87. The Kier molecular flexibility index (Phi) is 3.88. The van der Waals surface area contributed by atoms with E-state index in [1.165, 1.54) is 6.42 Å². The third-order valence-corrected chi connectivity index (χ3v) is 3.69. The Morgan fingerprint density at radius 3 is 2.74 bits per heavy atom. The summed E-state index contributed by atoms with van der Waals surface area (Å²) in [5.74, 6) is 2.58. The molecule has 1 fully saturated rings. The third kappa shape index (κ3) is 3.75. The van der Waals surface area contributed by atoms with E-state index < -0.39 is 0 Å². The monoisotopic (exact) mass is 263 g/mol. The molecule has 3 N–H and O–H groups in total. The van der Waals surface area contributed by atoms with Gasteiger partial charge in [-0.2, -0.15) is 4.98 Å². The highest BCUT2D eigenvalue weighted by atomic mass is 16.5. The van der Waals surface area contributed by atoms with Gasteiger partial charge in [-0.3, -0.25) is 0 Å². The normalized spacial score (nSPS) is 20.4. The van der Waals surface area contributed by atoms with Gasteiger partial charge in [-0.1, -0.05) is 27.7 Å². The molecule has 4 nitrogen and oxygen atoms in total. The predicted molar refractivity (Wildman–Crippen MR) is 79.4 cm³/mol. The number of nitrogens with one attached hydrogen (secondary N) is 1. The molecule has 0 spiro atoms. The number of aromatic nitrogens is 1. The largest absolute Gasteiger partial charge is 0.476 e. The van der Waals surface area contributed by atoms with E-state index in [0.29, 0.717) is 29.5 Å². The first-order chi connectivity index (χ1) is 8.88. The van der Waals surface area contributed by atoms with Crippen molar-refractivity contribution in [1.29, 1.82) is 0 Å². The number of nitrogens with zero attached hydrogens (tertiary/aromatic N) is 1. The molecule has 1 unspecified atom stereocenters. The van der Waals surface area contributed by atoms with E-state index in [9.17, 15) is 0 Å². The lowest BCUT2D eigenvalue weighted by Crippen LogP contribution is -2.11. The molecule has 106 valence electrons. The maximum absolute atomic E-state index is 5.87. The molecule has 1 heterocycles. The summed E-state index contributed by atoms with van der Waals surface area (Å²) >= 11 is 0. The number of rotatable bonds is 6. The zero-order valence-corrected chi connectivity index (χ0v) is 12.4. The van der Waals surface area contributed by atoms with Gasteiger partial charge in [0, 0.05) is 6.54 Å². The number of hydrogen-bond donors (Lipinski definition) is 2. The van der Waals surface area contributed by atoms with Crippen LogP contribution in [0.25, 0.3) is 0 Å². The lowest BCUT2D eigenvalue weighted by molar-refractivity contribution is 0.263. The Labute approximate surface area is 115 Å². The summed E-state index contributed by atoms with van der Waals surface area (Å²) in [6, 6.07) is 3.76. The number of nitrogen functional groups attached to an aromatic ring is 1. The highest BCUT2D eigenvalue weighted by Crippen LogP contribution is 2.51. The number of ether oxygens (including phenoxy) is 1. The van der Waals surface area contributed by atoms with Gasteiger partial charge in [0.1, 0.15) is 5.82 Å². The molecule has 0 radical (unpaired) electrons. The van der Waals surface area contributed by atoms with Gasteiger partial charge in [-0.15, -0.1) is 0 Å². The molecule has 4 heteroatoms. The molecule has 1 aliphatic rings. The first-order valence-electron chi connectivity index (χ1n) is 7.01. The van der Waals surface area contributed by atoms with Gasteiger partial charge in [0.2, 0.25) is 5.88 Å². The van der Waals surface area contributed by atoms with Gasteiger partial charge < -0.3 is 15.8 Å².